The standard InChI is InChI=1S/C15H14O/c1-10-8-14-13(11(2)15(10)16-14)9-12-6-4-3-5-7-12/h3-8H,9H2,1-2H3. The second-order valence-electron chi connectivity index (χ2n) is 4.39. The predicted octanol–water partition coefficient (Wildman–Crippen LogP) is 4.08. The van der Waals surface area contributed by atoms with E-state index in [0.29, 0.717) is 0 Å². The van der Waals surface area contributed by atoms with E-state index in [9.17, 15) is 0 Å². The predicted molar refractivity (Wildman–Crippen MR) is 66.1 cm³/mol. The maximum absolute atomic E-state index is 5.75. The van der Waals surface area contributed by atoms with Gasteiger partial charge in [0.15, 0.2) is 0 Å². The fraction of sp³-hybridized carbons (Fsp3) is 0.200. The highest BCUT2D eigenvalue weighted by molar-refractivity contribution is 5.76. The van der Waals surface area contributed by atoms with Gasteiger partial charge in [-0.2, -0.15) is 0 Å². The van der Waals surface area contributed by atoms with E-state index in [1.807, 2.05) is 6.07 Å². The normalized spacial score (nSPS) is 11.4. The zero-order chi connectivity index (χ0) is 11.1. The minimum Gasteiger partial charge on any atom is -0.456 e. The van der Waals surface area contributed by atoms with Crippen molar-refractivity contribution < 1.29 is 4.42 Å². The Labute approximate surface area is 95.0 Å². The highest BCUT2D eigenvalue weighted by Gasteiger charge is 2.16. The highest BCUT2D eigenvalue weighted by atomic mass is 16.3. The van der Waals surface area contributed by atoms with Crippen molar-refractivity contribution in [1.82, 2.24) is 0 Å². The third-order valence-corrected chi connectivity index (χ3v) is 3.23. The van der Waals surface area contributed by atoms with Crippen molar-refractivity contribution in [3.8, 4) is 0 Å². The van der Waals surface area contributed by atoms with Gasteiger partial charge in [-0.05, 0) is 36.6 Å². The number of rotatable bonds is 2. The lowest BCUT2D eigenvalue weighted by Crippen LogP contribution is -1.90. The molecule has 80 valence electrons. The van der Waals surface area contributed by atoms with E-state index in [2.05, 4.69) is 44.2 Å². The lowest BCUT2D eigenvalue weighted by Gasteiger charge is -2.02. The molecule has 2 aromatic heterocycles. The topological polar surface area (TPSA) is 13.1 Å². The fourth-order valence-corrected chi connectivity index (χ4v) is 2.34. The lowest BCUT2D eigenvalue weighted by molar-refractivity contribution is 0.670. The van der Waals surface area contributed by atoms with Crippen molar-refractivity contribution in [3.63, 3.8) is 0 Å². The maximum Gasteiger partial charge on any atom is 0.133 e. The van der Waals surface area contributed by atoms with E-state index < -0.39 is 0 Å². The third kappa shape index (κ3) is 1.32. The summed E-state index contributed by atoms with van der Waals surface area (Å²) in [6.07, 6.45) is 0.968. The average molecular weight is 210 g/mol. The number of furan rings is 2. The van der Waals surface area contributed by atoms with E-state index in [-0.39, 0.29) is 0 Å². The first-order valence-electron chi connectivity index (χ1n) is 5.60. The largest absolute Gasteiger partial charge is 0.456 e. The molecule has 0 aliphatic heterocycles. The molecule has 0 aliphatic carbocycles. The summed E-state index contributed by atoms with van der Waals surface area (Å²) in [6, 6.07) is 12.7. The zero-order valence-corrected chi connectivity index (χ0v) is 9.58. The fourth-order valence-electron chi connectivity index (χ4n) is 2.34. The summed E-state index contributed by atoms with van der Waals surface area (Å²) in [5, 5.41) is 0. The monoisotopic (exact) mass is 210 g/mol. The molecule has 1 aromatic carbocycles. The Morgan fingerprint density at radius 2 is 1.81 bits per heavy atom. The molecule has 0 aliphatic rings. The number of benzene rings is 2. The van der Waals surface area contributed by atoms with Crippen LogP contribution in [0.1, 0.15) is 22.3 Å². The number of hydrogen-bond acceptors (Lipinski definition) is 1. The molecule has 1 nitrogen and oxygen atoms in total. The molecule has 0 saturated carbocycles. The molecule has 0 unspecified atom stereocenters. The van der Waals surface area contributed by atoms with E-state index in [4.69, 9.17) is 4.42 Å². The van der Waals surface area contributed by atoms with E-state index in [0.717, 1.165) is 17.6 Å². The lowest BCUT2D eigenvalue weighted by atomic mass is 9.99. The zero-order valence-electron chi connectivity index (χ0n) is 9.58. The molecule has 0 spiro atoms. The summed E-state index contributed by atoms with van der Waals surface area (Å²) >= 11 is 0. The molecule has 0 radical (unpaired) electrons. The average Bonchev–Trinajstić information content (AvgIpc) is 2.80. The molecular weight excluding hydrogens is 196 g/mol. The van der Waals surface area contributed by atoms with Crippen LogP contribution in [0.4, 0.5) is 0 Å². The van der Waals surface area contributed by atoms with Crippen molar-refractivity contribution in [3.05, 3.63) is 58.7 Å². The van der Waals surface area contributed by atoms with Crippen LogP contribution in [0.25, 0.3) is 11.2 Å². The number of hydrogen-bond donors (Lipinski definition) is 0. The summed E-state index contributed by atoms with van der Waals surface area (Å²) in [4.78, 5) is 0. The van der Waals surface area contributed by atoms with Gasteiger partial charge >= 0.3 is 0 Å². The Kier molecular flexibility index (Phi) is 2.00. The molecule has 2 bridgehead atoms. The molecule has 0 N–H and O–H groups in total. The Hall–Kier alpha value is -1.76. The quantitative estimate of drug-likeness (QED) is 0.621. The first-order chi connectivity index (χ1) is 7.75. The van der Waals surface area contributed by atoms with Gasteiger partial charge in [0.05, 0.1) is 0 Å². The molecule has 0 atom stereocenters. The number of aryl methyl sites for hydroxylation is 2. The summed E-state index contributed by atoms with van der Waals surface area (Å²) < 4.78 is 5.75. The molecule has 3 aromatic rings. The molecule has 0 saturated heterocycles. The molecule has 0 fully saturated rings. The molecule has 3 rings (SSSR count). The van der Waals surface area contributed by atoms with Crippen LogP contribution in [-0.4, -0.2) is 0 Å². The van der Waals surface area contributed by atoms with Gasteiger partial charge in [-0.1, -0.05) is 30.3 Å². The molecule has 1 heteroatoms. The Balaban J connectivity index is 2.03. The van der Waals surface area contributed by atoms with Crippen molar-refractivity contribution in [2.24, 2.45) is 0 Å². The molecule has 2 heterocycles. The van der Waals surface area contributed by atoms with Gasteiger partial charge < -0.3 is 4.42 Å². The van der Waals surface area contributed by atoms with E-state index in [1.165, 1.54) is 22.3 Å². The highest BCUT2D eigenvalue weighted by Crippen LogP contribution is 2.32. The van der Waals surface area contributed by atoms with Gasteiger partial charge in [0, 0.05) is 12.0 Å². The van der Waals surface area contributed by atoms with Crippen LogP contribution in [0.3, 0.4) is 0 Å². The SMILES string of the molecule is Cc1cc2oc1c(C)c2Cc1ccccc1. The van der Waals surface area contributed by atoms with Crippen molar-refractivity contribution >= 4 is 11.2 Å². The van der Waals surface area contributed by atoms with Gasteiger partial charge in [0.2, 0.25) is 0 Å². The summed E-state index contributed by atoms with van der Waals surface area (Å²) in [7, 11) is 0. The summed E-state index contributed by atoms with van der Waals surface area (Å²) in [5.74, 6) is 0. The Bertz CT molecular complexity index is 604. The van der Waals surface area contributed by atoms with Crippen LogP contribution < -0.4 is 0 Å². The van der Waals surface area contributed by atoms with Crippen LogP contribution in [0.5, 0.6) is 0 Å². The minimum atomic E-state index is 0.968. The summed E-state index contributed by atoms with van der Waals surface area (Å²) in [6.45, 7) is 4.25. The van der Waals surface area contributed by atoms with Gasteiger partial charge in [0.1, 0.15) is 11.2 Å². The third-order valence-electron chi connectivity index (χ3n) is 3.23. The molecular formula is C15H14O. The van der Waals surface area contributed by atoms with Crippen molar-refractivity contribution in [1.29, 1.82) is 0 Å². The van der Waals surface area contributed by atoms with Crippen LogP contribution in [-0.2, 0) is 6.42 Å². The summed E-state index contributed by atoms with van der Waals surface area (Å²) in [5.41, 5.74) is 7.36. The van der Waals surface area contributed by atoms with Crippen molar-refractivity contribution in [2.75, 3.05) is 0 Å². The minimum absolute atomic E-state index is 0.968. The van der Waals surface area contributed by atoms with E-state index >= 15 is 0 Å². The van der Waals surface area contributed by atoms with Crippen LogP contribution >= 0.6 is 0 Å². The van der Waals surface area contributed by atoms with Crippen LogP contribution in [0, 0.1) is 13.8 Å². The smallest absolute Gasteiger partial charge is 0.133 e. The first kappa shape index (κ1) is 9.46. The molecule has 16 heavy (non-hydrogen) atoms. The van der Waals surface area contributed by atoms with Gasteiger partial charge in [-0.3, -0.25) is 0 Å². The second kappa shape index (κ2) is 3.38. The van der Waals surface area contributed by atoms with Crippen molar-refractivity contribution in [2.45, 2.75) is 20.3 Å². The van der Waals surface area contributed by atoms with E-state index in [1.54, 1.807) is 0 Å². The van der Waals surface area contributed by atoms with Gasteiger partial charge in [-0.25, -0.2) is 0 Å². The first-order valence-corrected chi connectivity index (χ1v) is 5.60. The van der Waals surface area contributed by atoms with Gasteiger partial charge in [0.25, 0.3) is 0 Å². The van der Waals surface area contributed by atoms with Crippen LogP contribution in [0.2, 0.25) is 0 Å². The maximum atomic E-state index is 5.75. The van der Waals surface area contributed by atoms with Crippen LogP contribution in [0.15, 0.2) is 40.8 Å². The second-order valence-corrected chi connectivity index (χ2v) is 4.39. The Morgan fingerprint density at radius 3 is 2.44 bits per heavy atom. The Morgan fingerprint density at radius 1 is 1.06 bits per heavy atom. The number of fused-ring (bicyclic) bond motifs is 2. The van der Waals surface area contributed by atoms with Gasteiger partial charge in [-0.15, -0.1) is 0 Å². The molecule has 0 amide bonds.